The zero-order chi connectivity index (χ0) is 15.1. The maximum absolute atomic E-state index is 12.1. The van der Waals surface area contributed by atoms with Crippen molar-refractivity contribution < 1.29 is 14.3 Å². The van der Waals surface area contributed by atoms with Gasteiger partial charge >= 0.3 is 5.97 Å². The summed E-state index contributed by atoms with van der Waals surface area (Å²) in [5.41, 5.74) is 0. The van der Waals surface area contributed by atoms with E-state index in [1.165, 1.54) is 7.11 Å². The Morgan fingerprint density at radius 1 is 1.50 bits per heavy atom. The van der Waals surface area contributed by atoms with E-state index >= 15 is 0 Å². The molecule has 1 heterocycles. The molecule has 1 aliphatic heterocycles. The molecule has 1 amide bonds. The molecule has 116 valence electrons. The Morgan fingerprint density at radius 3 is 2.75 bits per heavy atom. The molecule has 1 rings (SSSR count). The number of nitrogens with one attached hydrogen (secondary N) is 2. The second-order valence-corrected chi connectivity index (χ2v) is 5.54. The quantitative estimate of drug-likeness (QED) is 0.671. The molecule has 0 spiro atoms. The number of carbonyl (C=O) groups excluding carboxylic acids is 2. The smallest absolute Gasteiger partial charge is 0.328 e. The average Bonchev–Trinajstić information content (AvgIpc) is 2.43. The van der Waals surface area contributed by atoms with Gasteiger partial charge in [0, 0.05) is 25.7 Å². The van der Waals surface area contributed by atoms with Gasteiger partial charge in [-0.2, -0.15) is 0 Å². The molecule has 3 atom stereocenters. The number of rotatable bonds is 6. The summed E-state index contributed by atoms with van der Waals surface area (Å²) in [6, 6.07) is -0.166. The Balaban J connectivity index is 2.50. The first-order valence-corrected chi connectivity index (χ1v) is 7.30. The molecule has 0 radical (unpaired) electrons. The van der Waals surface area contributed by atoms with Crippen LogP contribution in [-0.4, -0.2) is 62.1 Å². The Morgan fingerprint density at radius 2 is 2.20 bits per heavy atom. The zero-order valence-corrected chi connectivity index (χ0v) is 12.9. The summed E-state index contributed by atoms with van der Waals surface area (Å²) in [6.45, 7) is 8.94. The van der Waals surface area contributed by atoms with E-state index < -0.39 is 6.04 Å². The first kappa shape index (κ1) is 16.9. The summed E-state index contributed by atoms with van der Waals surface area (Å²) in [4.78, 5) is 25.9. The number of piperazine rings is 1. The molecule has 0 aromatic rings. The number of ether oxygens (including phenoxy) is 1. The fourth-order valence-corrected chi connectivity index (χ4v) is 2.37. The number of methoxy groups -OCH3 is 1. The molecule has 20 heavy (non-hydrogen) atoms. The predicted molar refractivity (Wildman–Crippen MR) is 77.3 cm³/mol. The van der Waals surface area contributed by atoms with Crippen LogP contribution < -0.4 is 10.6 Å². The van der Waals surface area contributed by atoms with Gasteiger partial charge in [-0.1, -0.05) is 20.3 Å². The number of nitrogens with zero attached hydrogens (tertiary/aromatic N) is 1. The standard InChI is InChI=1S/C14H27N3O3/c1-5-10(2)13(14(19)20-4)16-12(18)9-17-7-6-15-11(3)8-17/h10-11,13,15H,5-9H2,1-4H3,(H,16,18). The van der Waals surface area contributed by atoms with Crippen molar-refractivity contribution in [2.45, 2.75) is 39.3 Å². The van der Waals surface area contributed by atoms with Crippen molar-refractivity contribution in [1.82, 2.24) is 15.5 Å². The normalized spacial score (nSPS) is 22.9. The number of esters is 1. The number of hydrogen-bond acceptors (Lipinski definition) is 5. The summed E-state index contributed by atoms with van der Waals surface area (Å²) in [7, 11) is 1.35. The first-order chi connectivity index (χ1) is 9.47. The van der Waals surface area contributed by atoms with Crippen molar-refractivity contribution in [2.24, 2.45) is 5.92 Å². The van der Waals surface area contributed by atoms with Crippen molar-refractivity contribution in [3.63, 3.8) is 0 Å². The van der Waals surface area contributed by atoms with Gasteiger partial charge in [-0.05, 0) is 12.8 Å². The molecule has 1 saturated heterocycles. The lowest BCUT2D eigenvalue weighted by Gasteiger charge is -2.32. The zero-order valence-electron chi connectivity index (χ0n) is 12.9. The molecule has 0 aromatic carbocycles. The third-order valence-corrected chi connectivity index (χ3v) is 3.80. The van der Waals surface area contributed by atoms with E-state index in [-0.39, 0.29) is 17.8 Å². The van der Waals surface area contributed by atoms with E-state index in [0.29, 0.717) is 12.6 Å². The van der Waals surface area contributed by atoms with Crippen molar-refractivity contribution in [3.05, 3.63) is 0 Å². The third-order valence-electron chi connectivity index (χ3n) is 3.80. The molecule has 6 nitrogen and oxygen atoms in total. The van der Waals surface area contributed by atoms with Crippen LogP contribution in [0.5, 0.6) is 0 Å². The van der Waals surface area contributed by atoms with Crippen LogP contribution in [0.2, 0.25) is 0 Å². The first-order valence-electron chi connectivity index (χ1n) is 7.30. The molecule has 6 heteroatoms. The molecule has 0 bridgehead atoms. The van der Waals surface area contributed by atoms with E-state index in [4.69, 9.17) is 4.74 Å². The van der Waals surface area contributed by atoms with Gasteiger partial charge < -0.3 is 15.4 Å². The maximum Gasteiger partial charge on any atom is 0.328 e. The van der Waals surface area contributed by atoms with Crippen LogP contribution in [0.3, 0.4) is 0 Å². The van der Waals surface area contributed by atoms with Crippen LogP contribution in [0.25, 0.3) is 0 Å². The van der Waals surface area contributed by atoms with Gasteiger partial charge in [0.25, 0.3) is 0 Å². The summed E-state index contributed by atoms with van der Waals surface area (Å²) in [5.74, 6) is -0.426. The largest absolute Gasteiger partial charge is 0.467 e. The molecule has 1 aliphatic rings. The SMILES string of the molecule is CCC(C)C(NC(=O)CN1CCNC(C)C1)C(=O)OC. The van der Waals surface area contributed by atoms with Gasteiger partial charge in [-0.3, -0.25) is 9.69 Å². The second-order valence-electron chi connectivity index (χ2n) is 5.54. The van der Waals surface area contributed by atoms with Gasteiger partial charge in [-0.25, -0.2) is 4.79 Å². The molecule has 0 saturated carbocycles. The highest BCUT2D eigenvalue weighted by Gasteiger charge is 2.27. The van der Waals surface area contributed by atoms with Gasteiger partial charge in [0.15, 0.2) is 0 Å². The molecule has 0 aliphatic carbocycles. The van der Waals surface area contributed by atoms with Gasteiger partial charge in [0.1, 0.15) is 6.04 Å². The van der Waals surface area contributed by atoms with E-state index in [1.54, 1.807) is 0 Å². The summed E-state index contributed by atoms with van der Waals surface area (Å²) >= 11 is 0. The second kappa shape index (κ2) is 8.21. The molecular formula is C14H27N3O3. The van der Waals surface area contributed by atoms with Crippen molar-refractivity contribution in [2.75, 3.05) is 33.3 Å². The Labute approximate surface area is 121 Å². The van der Waals surface area contributed by atoms with Crippen LogP contribution in [-0.2, 0) is 14.3 Å². The summed E-state index contributed by atoms with van der Waals surface area (Å²) in [6.07, 6.45) is 0.810. The number of hydrogen-bond donors (Lipinski definition) is 2. The van der Waals surface area contributed by atoms with E-state index in [2.05, 4.69) is 22.5 Å². The van der Waals surface area contributed by atoms with Gasteiger partial charge in [-0.15, -0.1) is 0 Å². The van der Waals surface area contributed by atoms with Crippen LogP contribution >= 0.6 is 0 Å². The minimum absolute atomic E-state index is 0.0633. The van der Waals surface area contributed by atoms with Crippen molar-refractivity contribution >= 4 is 11.9 Å². The average molecular weight is 285 g/mol. The lowest BCUT2D eigenvalue weighted by Crippen LogP contribution is -2.54. The van der Waals surface area contributed by atoms with Crippen LogP contribution in [0, 0.1) is 5.92 Å². The fraction of sp³-hybridized carbons (Fsp3) is 0.857. The summed E-state index contributed by atoms with van der Waals surface area (Å²) < 4.78 is 4.77. The molecular weight excluding hydrogens is 258 g/mol. The topological polar surface area (TPSA) is 70.7 Å². The van der Waals surface area contributed by atoms with Gasteiger partial charge in [0.05, 0.1) is 13.7 Å². The Hall–Kier alpha value is -1.14. The number of amides is 1. The lowest BCUT2D eigenvalue weighted by molar-refractivity contribution is -0.146. The van der Waals surface area contributed by atoms with Crippen LogP contribution in [0.15, 0.2) is 0 Å². The predicted octanol–water partition coefficient (Wildman–Crippen LogP) is -0.0160. The van der Waals surface area contributed by atoms with E-state index in [0.717, 1.165) is 26.1 Å². The minimum atomic E-state index is -0.558. The lowest BCUT2D eigenvalue weighted by atomic mass is 9.99. The molecule has 1 fully saturated rings. The molecule has 2 N–H and O–H groups in total. The highest BCUT2D eigenvalue weighted by atomic mass is 16.5. The summed E-state index contributed by atoms with van der Waals surface area (Å²) in [5, 5.41) is 6.14. The van der Waals surface area contributed by atoms with Crippen molar-refractivity contribution in [3.8, 4) is 0 Å². The van der Waals surface area contributed by atoms with Crippen molar-refractivity contribution in [1.29, 1.82) is 0 Å². The van der Waals surface area contributed by atoms with Crippen LogP contribution in [0.4, 0.5) is 0 Å². The van der Waals surface area contributed by atoms with Crippen LogP contribution in [0.1, 0.15) is 27.2 Å². The highest BCUT2D eigenvalue weighted by molar-refractivity contribution is 5.85. The maximum atomic E-state index is 12.1. The Bertz CT molecular complexity index is 336. The van der Waals surface area contributed by atoms with Gasteiger partial charge in [0.2, 0.25) is 5.91 Å². The third kappa shape index (κ3) is 5.09. The monoisotopic (exact) mass is 285 g/mol. The number of carbonyl (C=O) groups is 2. The molecule has 3 unspecified atom stereocenters. The molecule has 0 aromatic heterocycles. The Kier molecular flexibility index (Phi) is 6.95. The minimum Gasteiger partial charge on any atom is -0.467 e. The van der Waals surface area contributed by atoms with E-state index in [9.17, 15) is 9.59 Å². The fourth-order valence-electron chi connectivity index (χ4n) is 2.37. The highest BCUT2D eigenvalue weighted by Crippen LogP contribution is 2.09. The van der Waals surface area contributed by atoms with E-state index in [1.807, 2.05) is 13.8 Å².